The maximum atomic E-state index is 11.6. The minimum absolute atomic E-state index is 0.00295. The van der Waals surface area contributed by atoms with Crippen LogP contribution in [0.3, 0.4) is 0 Å². The molecule has 0 saturated heterocycles. The molecule has 0 atom stereocenters. The van der Waals surface area contributed by atoms with Crippen molar-refractivity contribution < 1.29 is 9.59 Å². The molecule has 0 aromatic carbocycles. The molecule has 0 aliphatic carbocycles. The molecule has 21 heavy (non-hydrogen) atoms. The molecule has 0 saturated carbocycles. The first-order chi connectivity index (χ1) is 10.2. The van der Waals surface area contributed by atoms with Crippen LogP contribution >= 0.6 is 35.3 Å². The minimum Gasteiger partial charge on any atom is -0.305 e. The van der Waals surface area contributed by atoms with E-state index in [-0.39, 0.29) is 11.8 Å². The molecule has 0 bridgehead atoms. The van der Waals surface area contributed by atoms with Gasteiger partial charge in [-0.15, -0.1) is 0 Å². The van der Waals surface area contributed by atoms with Crippen molar-refractivity contribution in [3.8, 4) is 0 Å². The van der Waals surface area contributed by atoms with E-state index in [1.54, 1.807) is 35.3 Å². The second-order valence-electron chi connectivity index (χ2n) is 4.28. The number of hydrogen-bond acceptors (Lipinski definition) is 7. The van der Waals surface area contributed by atoms with Crippen LogP contribution in [0.1, 0.15) is 12.8 Å². The minimum atomic E-state index is -0.00295. The third kappa shape index (κ3) is 6.75. The molecule has 2 heterocycles. The van der Waals surface area contributed by atoms with E-state index in [0.29, 0.717) is 24.3 Å². The lowest BCUT2D eigenvalue weighted by atomic mass is 10.4. The van der Waals surface area contributed by atoms with E-state index in [1.165, 1.54) is 0 Å². The van der Waals surface area contributed by atoms with E-state index in [1.807, 2.05) is 0 Å². The zero-order chi connectivity index (χ0) is 14.9. The summed E-state index contributed by atoms with van der Waals surface area (Å²) in [6.07, 6.45) is 0.906. The van der Waals surface area contributed by atoms with Gasteiger partial charge >= 0.3 is 0 Å². The maximum absolute atomic E-state index is 11.6. The molecule has 6 nitrogen and oxygen atoms in total. The monoisotopic (exact) mass is 346 g/mol. The van der Waals surface area contributed by atoms with Gasteiger partial charge in [-0.25, -0.2) is 0 Å². The van der Waals surface area contributed by atoms with Crippen LogP contribution in [0, 0.1) is 0 Å². The van der Waals surface area contributed by atoms with Crippen molar-refractivity contribution in [2.45, 2.75) is 12.8 Å². The number of thioether (sulfide) groups is 3. The van der Waals surface area contributed by atoms with Crippen molar-refractivity contribution in [1.82, 2.24) is 10.6 Å². The molecule has 2 N–H and O–H groups in total. The fourth-order valence-electron chi connectivity index (χ4n) is 1.62. The summed E-state index contributed by atoms with van der Waals surface area (Å²) in [6.45, 7) is 1.57. The van der Waals surface area contributed by atoms with Crippen LogP contribution in [0.2, 0.25) is 0 Å². The van der Waals surface area contributed by atoms with Crippen molar-refractivity contribution >= 4 is 57.4 Å². The van der Waals surface area contributed by atoms with Gasteiger partial charge in [-0.1, -0.05) is 23.5 Å². The van der Waals surface area contributed by atoms with Gasteiger partial charge < -0.3 is 10.6 Å². The zero-order valence-corrected chi connectivity index (χ0v) is 14.0. The fourth-order valence-corrected chi connectivity index (χ4v) is 3.97. The highest BCUT2D eigenvalue weighted by molar-refractivity contribution is 8.14. The highest BCUT2D eigenvalue weighted by atomic mass is 32.2. The molecule has 2 aliphatic heterocycles. The number of amidine groups is 2. The Morgan fingerprint density at radius 3 is 1.81 bits per heavy atom. The molecule has 0 aromatic rings. The summed E-state index contributed by atoms with van der Waals surface area (Å²) in [6, 6.07) is 0. The molecule has 0 spiro atoms. The Balaban J connectivity index is 1.47. The van der Waals surface area contributed by atoms with Gasteiger partial charge in [0.25, 0.3) is 0 Å². The quantitative estimate of drug-likeness (QED) is 0.700. The van der Waals surface area contributed by atoms with Gasteiger partial charge in [-0.2, -0.15) is 11.8 Å². The number of carbonyl (C=O) groups excluding carboxylic acids is 2. The summed E-state index contributed by atoms with van der Waals surface area (Å²) in [5.41, 5.74) is 0. The number of aliphatic imine (C=N–C) groups is 2. The summed E-state index contributed by atoms with van der Waals surface area (Å²) in [5.74, 6) is 3.32. The standard InChI is InChI=1S/C12H18N4O2S3/c17-9(15-11-13-3-7-20-11)1-5-19-6-2-10(18)16-12-14-4-8-21-12/h1-8H2,(H,13,15,17)(H,14,16,18). The molecule has 2 aliphatic rings. The first-order valence-electron chi connectivity index (χ1n) is 6.76. The molecule has 0 unspecified atom stereocenters. The summed E-state index contributed by atoms with van der Waals surface area (Å²) in [4.78, 5) is 31.6. The Bertz CT molecular complexity index is 414. The normalized spacial score (nSPS) is 17.3. The Labute approximate surface area is 136 Å². The number of carbonyl (C=O) groups is 2. The molecule has 0 fully saturated rings. The Hall–Kier alpha value is -0.670. The van der Waals surface area contributed by atoms with Crippen LogP contribution in [0.4, 0.5) is 0 Å². The van der Waals surface area contributed by atoms with Crippen LogP contribution in [0.15, 0.2) is 9.98 Å². The van der Waals surface area contributed by atoms with Crippen molar-refractivity contribution in [2.75, 3.05) is 36.1 Å². The zero-order valence-electron chi connectivity index (χ0n) is 11.6. The van der Waals surface area contributed by atoms with Crippen LogP contribution in [0.5, 0.6) is 0 Å². The van der Waals surface area contributed by atoms with Crippen molar-refractivity contribution in [3.63, 3.8) is 0 Å². The predicted octanol–water partition coefficient (Wildman–Crippen LogP) is 0.938. The lowest BCUT2D eigenvalue weighted by molar-refractivity contribution is -0.120. The summed E-state index contributed by atoms with van der Waals surface area (Å²) >= 11 is 4.77. The van der Waals surface area contributed by atoms with E-state index < -0.39 is 0 Å². The smallest absolute Gasteiger partial charge is 0.226 e. The second kappa shape index (κ2) is 9.37. The highest BCUT2D eigenvalue weighted by Crippen LogP contribution is 2.11. The van der Waals surface area contributed by atoms with Gasteiger partial charge in [0.1, 0.15) is 0 Å². The fraction of sp³-hybridized carbons (Fsp3) is 0.667. The van der Waals surface area contributed by atoms with Gasteiger partial charge in [0.15, 0.2) is 10.3 Å². The van der Waals surface area contributed by atoms with Crippen molar-refractivity contribution in [1.29, 1.82) is 0 Å². The molecule has 116 valence electrons. The van der Waals surface area contributed by atoms with Crippen LogP contribution in [0.25, 0.3) is 0 Å². The van der Waals surface area contributed by atoms with E-state index >= 15 is 0 Å². The molecule has 9 heteroatoms. The third-order valence-corrected chi connectivity index (χ3v) is 5.38. The summed E-state index contributed by atoms with van der Waals surface area (Å²) < 4.78 is 0. The summed E-state index contributed by atoms with van der Waals surface area (Å²) in [7, 11) is 0. The average molecular weight is 347 g/mol. The average Bonchev–Trinajstić information content (AvgIpc) is 3.12. The molecule has 2 rings (SSSR count). The molecular formula is C12H18N4O2S3. The van der Waals surface area contributed by atoms with Gasteiger partial charge in [0, 0.05) is 35.9 Å². The molecule has 2 amide bonds. The molecule has 0 radical (unpaired) electrons. The summed E-state index contributed by atoms with van der Waals surface area (Å²) in [5, 5.41) is 7.05. The van der Waals surface area contributed by atoms with Crippen LogP contribution < -0.4 is 10.6 Å². The van der Waals surface area contributed by atoms with Gasteiger partial charge in [0.05, 0.1) is 13.1 Å². The van der Waals surface area contributed by atoms with Crippen molar-refractivity contribution in [3.05, 3.63) is 0 Å². The molecule has 0 aromatic heterocycles. The molecular weight excluding hydrogens is 328 g/mol. The SMILES string of the molecule is O=C(CCSCCC(=O)NC1=NCCS1)NC1=NCCS1. The number of hydrogen-bond donors (Lipinski definition) is 2. The number of nitrogens with one attached hydrogen (secondary N) is 2. The highest BCUT2D eigenvalue weighted by Gasteiger charge is 2.12. The van der Waals surface area contributed by atoms with Gasteiger partial charge in [0.2, 0.25) is 11.8 Å². The Kier molecular flexibility index (Phi) is 7.45. The third-order valence-electron chi connectivity index (χ3n) is 2.61. The number of amides is 2. The topological polar surface area (TPSA) is 82.9 Å². The number of nitrogens with zero attached hydrogens (tertiary/aromatic N) is 2. The van der Waals surface area contributed by atoms with E-state index in [9.17, 15) is 9.59 Å². The lowest BCUT2D eigenvalue weighted by Crippen LogP contribution is -2.28. The largest absolute Gasteiger partial charge is 0.305 e. The van der Waals surface area contributed by atoms with E-state index in [4.69, 9.17) is 0 Å². The Morgan fingerprint density at radius 1 is 0.952 bits per heavy atom. The first kappa shape index (κ1) is 16.7. The van der Waals surface area contributed by atoms with Gasteiger partial charge in [-0.3, -0.25) is 19.6 Å². The Morgan fingerprint density at radius 2 is 1.43 bits per heavy atom. The van der Waals surface area contributed by atoms with E-state index in [0.717, 1.165) is 34.9 Å². The number of rotatable bonds is 6. The second-order valence-corrected chi connectivity index (χ2v) is 7.67. The predicted molar refractivity (Wildman–Crippen MR) is 92.4 cm³/mol. The van der Waals surface area contributed by atoms with Crippen LogP contribution in [-0.2, 0) is 9.59 Å². The lowest BCUT2D eigenvalue weighted by Gasteiger charge is -2.05. The van der Waals surface area contributed by atoms with E-state index in [2.05, 4.69) is 20.6 Å². The maximum Gasteiger partial charge on any atom is 0.226 e. The first-order valence-corrected chi connectivity index (χ1v) is 9.88. The van der Waals surface area contributed by atoms with Crippen LogP contribution in [-0.4, -0.2) is 58.3 Å². The van der Waals surface area contributed by atoms with Gasteiger partial charge in [-0.05, 0) is 0 Å². The van der Waals surface area contributed by atoms with Crippen molar-refractivity contribution in [2.24, 2.45) is 9.98 Å².